The topological polar surface area (TPSA) is 29.3 Å². The number of halogens is 2. The number of nitrogens with two attached hydrogens (primary N) is 1. The summed E-state index contributed by atoms with van der Waals surface area (Å²) in [6, 6.07) is 6.57. The lowest BCUT2D eigenvalue weighted by Gasteiger charge is -2.14. The fourth-order valence-corrected chi connectivity index (χ4v) is 3.35. The number of nitrogens with zero attached hydrogens (tertiary/aromatic N) is 1. The van der Waals surface area contributed by atoms with Crippen molar-refractivity contribution < 1.29 is 4.39 Å². The summed E-state index contributed by atoms with van der Waals surface area (Å²) in [7, 11) is 0. The van der Waals surface area contributed by atoms with Gasteiger partial charge in [0.15, 0.2) is 0 Å². The van der Waals surface area contributed by atoms with Crippen LogP contribution in [0.15, 0.2) is 29.2 Å². The van der Waals surface area contributed by atoms with Gasteiger partial charge in [-0.2, -0.15) is 0 Å². The predicted octanol–water partition coefficient (Wildman–Crippen LogP) is 3.21. The van der Waals surface area contributed by atoms with Crippen LogP contribution >= 0.6 is 48.6 Å². The molecule has 1 saturated heterocycles. The molecule has 1 heterocycles. The summed E-state index contributed by atoms with van der Waals surface area (Å²) < 4.78 is 14.2. The SMILES string of the molecule is Cl.NCCN1C(=S)SC(=Cc2ccccc2F)C1=S. The molecular formula is C12H12ClFN2S3. The molecule has 0 aliphatic carbocycles. The summed E-state index contributed by atoms with van der Waals surface area (Å²) in [4.78, 5) is 3.23. The Labute approximate surface area is 132 Å². The molecule has 1 aliphatic heterocycles. The molecule has 1 aromatic rings. The zero-order valence-corrected chi connectivity index (χ0v) is 13.1. The van der Waals surface area contributed by atoms with Crippen molar-refractivity contribution in [2.24, 2.45) is 5.73 Å². The molecule has 2 nitrogen and oxygen atoms in total. The van der Waals surface area contributed by atoms with Crippen LogP contribution in [0.4, 0.5) is 4.39 Å². The quantitative estimate of drug-likeness (QED) is 0.677. The maximum Gasteiger partial charge on any atom is 0.146 e. The van der Waals surface area contributed by atoms with E-state index >= 15 is 0 Å². The first-order valence-electron chi connectivity index (χ1n) is 5.33. The van der Waals surface area contributed by atoms with Gasteiger partial charge in [-0.3, -0.25) is 0 Å². The van der Waals surface area contributed by atoms with Crippen LogP contribution < -0.4 is 5.73 Å². The van der Waals surface area contributed by atoms with Crippen LogP contribution in [0.2, 0.25) is 0 Å². The molecule has 1 aliphatic rings. The van der Waals surface area contributed by atoms with Crippen LogP contribution in [-0.2, 0) is 0 Å². The monoisotopic (exact) mass is 334 g/mol. The lowest BCUT2D eigenvalue weighted by atomic mass is 10.2. The Hall–Kier alpha value is -0.530. The van der Waals surface area contributed by atoms with Gasteiger partial charge in [-0.05, 0) is 12.1 Å². The van der Waals surface area contributed by atoms with E-state index in [0.717, 1.165) is 4.91 Å². The lowest BCUT2D eigenvalue weighted by Crippen LogP contribution is -2.31. The number of hydrogen-bond acceptors (Lipinski definition) is 4. The van der Waals surface area contributed by atoms with Crippen molar-refractivity contribution >= 4 is 64.0 Å². The Morgan fingerprint density at radius 1 is 1.32 bits per heavy atom. The smallest absolute Gasteiger partial charge is 0.146 e. The second-order valence-corrected chi connectivity index (χ2v) is 5.71. The van der Waals surface area contributed by atoms with E-state index in [1.165, 1.54) is 17.8 Å². The highest BCUT2D eigenvalue weighted by molar-refractivity contribution is 8.27. The summed E-state index contributed by atoms with van der Waals surface area (Å²) in [6.07, 6.45) is 1.73. The highest BCUT2D eigenvalue weighted by atomic mass is 35.5. The van der Waals surface area contributed by atoms with E-state index in [1.54, 1.807) is 24.3 Å². The minimum absolute atomic E-state index is 0. The maximum absolute atomic E-state index is 13.5. The number of benzene rings is 1. The van der Waals surface area contributed by atoms with Gasteiger partial charge in [0.1, 0.15) is 15.1 Å². The van der Waals surface area contributed by atoms with E-state index < -0.39 is 0 Å². The number of thiocarbonyl (C=S) groups is 2. The minimum atomic E-state index is -0.267. The fourth-order valence-electron chi connectivity index (χ4n) is 1.56. The standard InChI is InChI=1S/C12H11FN2S3.ClH/c13-9-4-2-1-3-8(9)7-10-11(16)15(6-5-14)12(17)18-10;/h1-4,7H,5-6,14H2;1H. The molecule has 1 fully saturated rings. The highest BCUT2D eigenvalue weighted by Gasteiger charge is 2.27. The summed E-state index contributed by atoms with van der Waals surface area (Å²) in [6.45, 7) is 1.08. The van der Waals surface area contributed by atoms with Crippen LogP contribution in [0.25, 0.3) is 6.08 Å². The van der Waals surface area contributed by atoms with Crippen molar-refractivity contribution in [3.63, 3.8) is 0 Å². The normalized spacial score (nSPS) is 16.9. The molecule has 0 atom stereocenters. The van der Waals surface area contributed by atoms with Crippen LogP contribution in [0.1, 0.15) is 5.56 Å². The Balaban J connectivity index is 0.00000180. The summed E-state index contributed by atoms with van der Waals surface area (Å²) in [5.41, 5.74) is 6.02. The van der Waals surface area contributed by atoms with Gasteiger partial charge in [0.05, 0.1) is 4.91 Å². The van der Waals surface area contributed by atoms with Crippen LogP contribution in [0, 0.1) is 5.82 Å². The van der Waals surface area contributed by atoms with Crippen molar-refractivity contribution in [3.8, 4) is 0 Å². The van der Waals surface area contributed by atoms with E-state index in [1.807, 2.05) is 4.90 Å². The third-order valence-electron chi connectivity index (χ3n) is 2.42. The number of rotatable bonds is 3. The molecular weight excluding hydrogens is 323 g/mol. The van der Waals surface area contributed by atoms with E-state index in [9.17, 15) is 4.39 Å². The molecule has 0 saturated carbocycles. The zero-order chi connectivity index (χ0) is 13.1. The molecule has 1 aromatic carbocycles. The molecule has 19 heavy (non-hydrogen) atoms. The third kappa shape index (κ3) is 3.73. The van der Waals surface area contributed by atoms with Gasteiger partial charge in [0.25, 0.3) is 0 Å². The minimum Gasteiger partial charge on any atom is -0.329 e. The number of hydrogen-bond donors (Lipinski definition) is 1. The molecule has 102 valence electrons. The fraction of sp³-hybridized carbons (Fsp3) is 0.167. The molecule has 0 radical (unpaired) electrons. The van der Waals surface area contributed by atoms with Crippen molar-refractivity contribution in [3.05, 3.63) is 40.6 Å². The van der Waals surface area contributed by atoms with Crippen LogP contribution in [0.3, 0.4) is 0 Å². The van der Waals surface area contributed by atoms with Crippen LogP contribution in [0.5, 0.6) is 0 Å². The molecule has 2 rings (SSSR count). The maximum atomic E-state index is 13.5. The average Bonchev–Trinajstić information content (AvgIpc) is 2.60. The number of thioether (sulfide) groups is 1. The summed E-state index contributed by atoms with van der Waals surface area (Å²) in [5, 5.41) is 0. The van der Waals surface area contributed by atoms with Crippen molar-refractivity contribution in [2.45, 2.75) is 0 Å². The largest absolute Gasteiger partial charge is 0.329 e. The van der Waals surface area contributed by atoms with Gasteiger partial charge in [-0.15, -0.1) is 12.4 Å². The van der Waals surface area contributed by atoms with Gasteiger partial charge in [0, 0.05) is 18.7 Å². The molecule has 0 amide bonds. The van der Waals surface area contributed by atoms with E-state index in [2.05, 4.69) is 0 Å². The highest BCUT2D eigenvalue weighted by Crippen LogP contribution is 2.33. The van der Waals surface area contributed by atoms with Gasteiger partial charge in [0.2, 0.25) is 0 Å². The first kappa shape index (κ1) is 16.5. The van der Waals surface area contributed by atoms with Gasteiger partial charge in [-0.25, -0.2) is 4.39 Å². The molecule has 0 unspecified atom stereocenters. The first-order valence-corrected chi connectivity index (χ1v) is 6.96. The van der Waals surface area contributed by atoms with E-state index in [0.29, 0.717) is 28.0 Å². The predicted molar refractivity (Wildman–Crippen MR) is 90.2 cm³/mol. The zero-order valence-electron chi connectivity index (χ0n) is 9.84. The van der Waals surface area contributed by atoms with Gasteiger partial charge >= 0.3 is 0 Å². The van der Waals surface area contributed by atoms with Crippen molar-refractivity contribution in [2.75, 3.05) is 13.1 Å². The summed E-state index contributed by atoms with van der Waals surface area (Å²) >= 11 is 11.9. The Bertz CT molecular complexity index is 533. The van der Waals surface area contributed by atoms with Crippen molar-refractivity contribution in [1.82, 2.24) is 4.90 Å². The van der Waals surface area contributed by atoms with Crippen molar-refractivity contribution in [1.29, 1.82) is 0 Å². The average molecular weight is 335 g/mol. The van der Waals surface area contributed by atoms with Gasteiger partial charge < -0.3 is 10.6 Å². The second-order valence-electron chi connectivity index (χ2n) is 3.64. The third-order valence-corrected chi connectivity index (χ3v) is 4.38. The molecule has 7 heteroatoms. The Kier molecular flexibility index (Phi) is 6.35. The Morgan fingerprint density at radius 3 is 2.63 bits per heavy atom. The Morgan fingerprint density at radius 2 is 2.00 bits per heavy atom. The molecule has 0 spiro atoms. The lowest BCUT2D eigenvalue weighted by molar-refractivity contribution is 0.625. The molecule has 0 aromatic heterocycles. The second kappa shape index (κ2) is 7.31. The van der Waals surface area contributed by atoms with E-state index in [4.69, 9.17) is 30.2 Å². The van der Waals surface area contributed by atoms with E-state index in [-0.39, 0.29) is 18.2 Å². The first-order chi connectivity index (χ1) is 8.63. The van der Waals surface area contributed by atoms with Gasteiger partial charge in [-0.1, -0.05) is 54.4 Å². The molecule has 2 N–H and O–H groups in total. The molecule has 0 bridgehead atoms. The summed E-state index contributed by atoms with van der Waals surface area (Å²) in [5.74, 6) is -0.267. The van der Waals surface area contributed by atoms with Crippen LogP contribution in [-0.4, -0.2) is 27.3 Å².